The van der Waals surface area contributed by atoms with Crippen molar-refractivity contribution in [3.63, 3.8) is 0 Å². The van der Waals surface area contributed by atoms with Gasteiger partial charge < -0.3 is 26.4 Å². The Bertz CT molecular complexity index is 908. The van der Waals surface area contributed by atoms with Gasteiger partial charge in [0, 0.05) is 49.9 Å². The van der Waals surface area contributed by atoms with Gasteiger partial charge >= 0.3 is 0 Å². The molecular formula is C21H27N7O. The van der Waals surface area contributed by atoms with Crippen molar-refractivity contribution in [1.29, 1.82) is 10.8 Å². The van der Waals surface area contributed by atoms with E-state index in [0.717, 1.165) is 49.1 Å². The van der Waals surface area contributed by atoms with Gasteiger partial charge in [0.2, 0.25) is 0 Å². The van der Waals surface area contributed by atoms with Gasteiger partial charge in [-0.1, -0.05) is 12.1 Å². The van der Waals surface area contributed by atoms with E-state index in [1.807, 2.05) is 30.9 Å². The van der Waals surface area contributed by atoms with Crippen molar-refractivity contribution in [2.24, 2.45) is 5.92 Å². The fraction of sp³-hybridized carbons (Fsp3) is 0.381. The number of aromatic nitrogens is 2. The molecule has 2 aromatic rings. The van der Waals surface area contributed by atoms with Crippen LogP contribution in [0.1, 0.15) is 28.2 Å². The average molecular weight is 393 g/mol. The molecule has 1 amide bonds. The molecular weight excluding hydrogens is 366 g/mol. The number of rotatable bonds is 3. The van der Waals surface area contributed by atoms with Crippen molar-refractivity contribution in [2.75, 3.05) is 30.3 Å². The van der Waals surface area contributed by atoms with E-state index in [0.29, 0.717) is 29.8 Å². The molecule has 2 aliphatic heterocycles. The SMILES string of the molecule is Cc1cnc(C)c(N2CC3CCN(C(=O)c4ccccc4N)CC32)n1.N=CC=N. The van der Waals surface area contributed by atoms with Crippen LogP contribution in [0.15, 0.2) is 30.5 Å². The van der Waals surface area contributed by atoms with Gasteiger partial charge in [0.1, 0.15) is 0 Å². The zero-order chi connectivity index (χ0) is 21.0. The maximum absolute atomic E-state index is 12.9. The Labute approximate surface area is 170 Å². The van der Waals surface area contributed by atoms with Crippen LogP contribution in [0.25, 0.3) is 0 Å². The van der Waals surface area contributed by atoms with E-state index in [9.17, 15) is 4.79 Å². The number of piperidine rings is 1. The van der Waals surface area contributed by atoms with Gasteiger partial charge in [-0.3, -0.25) is 9.78 Å². The second-order valence-electron chi connectivity index (χ2n) is 7.36. The monoisotopic (exact) mass is 393 g/mol. The Kier molecular flexibility index (Phi) is 6.21. The number of nitrogens with two attached hydrogens (primary N) is 1. The number of fused-ring (bicyclic) bond motifs is 1. The first-order chi connectivity index (χ1) is 14.0. The van der Waals surface area contributed by atoms with Crippen LogP contribution in [0.4, 0.5) is 11.5 Å². The van der Waals surface area contributed by atoms with Crippen molar-refractivity contribution >= 4 is 29.8 Å². The number of nitrogen functional groups attached to an aromatic ring is 1. The van der Waals surface area contributed by atoms with Gasteiger partial charge in [0.15, 0.2) is 5.82 Å². The molecule has 0 saturated carbocycles. The predicted molar refractivity (Wildman–Crippen MR) is 115 cm³/mol. The number of hydrogen-bond acceptors (Lipinski definition) is 7. The summed E-state index contributed by atoms with van der Waals surface area (Å²) in [7, 11) is 0. The lowest BCUT2D eigenvalue weighted by Gasteiger charge is -2.54. The lowest BCUT2D eigenvalue weighted by atomic mass is 9.82. The summed E-state index contributed by atoms with van der Waals surface area (Å²) in [4.78, 5) is 26.2. The number of hydrogen-bond donors (Lipinski definition) is 3. The van der Waals surface area contributed by atoms with Crippen LogP contribution in [0, 0.1) is 30.6 Å². The van der Waals surface area contributed by atoms with Crippen molar-refractivity contribution < 1.29 is 4.79 Å². The molecule has 0 bridgehead atoms. The minimum atomic E-state index is 0.0236. The molecule has 0 radical (unpaired) electrons. The molecule has 1 aromatic heterocycles. The number of nitrogens with one attached hydrogen (secondary N) is 2. The van der Waals surface area contributed by atoms with E-state index >= 15 is 0 Å². The molecule has 4 N–H and O–H groups in total. The van der Waals surface area contributed by atoms with Gasteiger partial charge in [-0.05, 0) is 32.4 Å². The smallest absolute Gasteiger partial charge is 0.256 e. The second kappa shape index (κ2) is 8.81. The zero-order valence-electron chi connectivity index (χ0n) is 16.8. The lowest BCUT2D eigenvalue weighted by Crippen LogP contribution is -2.65. The van der Waals surface area contributed by atoms with Crippen LogP contribution in [0.5, 0.6) is 0 Å². The number of aryl methyl sites for hydroxylation is 2. The fourth-order valence-electron chi connectivity index (χ4n) is 3.88. The number of carbonyl (C=O) groups is 1. The molecule has 0 spiro atoms. The van der Waals surface area contributed by atoms with Gasteiger partial charge in [-0.15, -0.1) is 0 Å². The third-order valence-electron chi connectivity index (χ3n) is 5.44. The Morgan fingerprint density at radius 1 is 1.21 bits per heavy atom. The first kappa shape index (κ1) is 20.4. The van der Waals surface area contributed by atoms with Crippen LogP contribution in [-0.4, -0.2) is 58.9 Å². The van der Waals surface area contributed by atoms with Gasteiger partial charge in [0.25, 0.3) is 5.91 Å². The summed E-state index contributed by atoms with van der Waals surface area (Å²) in [5.74, 6) is 1.60. The van der Waals surface area contributed by atoms with E-state index in [-0.39, 0.29) is 5.91 Å². The number of nitrogens with zero attached hydrogens (tertiary/aromatic N) is 4. The molecule has 8 nitrogen and oxygen atoms in total. The minimum absolute atomic E-state index is 0.0236. The first-order valence-corrected chi connectivity index (χ1v) is 9.66. The van der Waals surface area contributed by atoms with E-state index in [2.05, 4.69) is 14.9 Å². The molecule has 29 heavy (non-hydrogen) atoms. The van der Waals surface area contributed by atoms with E-state index in [1.165, 1.54) is 0 Å². The van der Waals surface area contributed by atoms with Gasteiger partial charge in [-0.25, -0.2) is 4.98 Å². The number of para-hydroxylation sites is 1. The molecule has 2 atom stereocenters. The summed E-state index contributed by atoms with van der Waals surface area (Å²) >= 11 is 0. The molecule has 2 unspecified atom stereocenters. The average Bonchev–Trinajstić information content (AvgIpc) is 2.71. The van der Waals surface area contributed by atoms with Gasteiger partial charge in [-0.2, -0.15) is 0 Å². The number of likely N-dealkylation sites (tertiary alicyclic amines) is 1. The van der Waals surface area contributed by atoms with Crippen molar-refractivity contribution in [2.45, 2.75) is 26.3 Å². The fourth-order valence-corrected chi connectivity index (χ4v) is 3.88. The summed E-state index contributed by atoms with van der Waals surface area (Å²) in [6.07, 6.45) is 4.66. The van der Waals surface area contributed by atoms with Crippen LogP contribution in [0.3, 0.4) is 0 Å². The third-order valence-corrected chi connectivity index (χ3v) is 5.44. The number of benzene rings is 1. The maximum Gasteiger partial charge on any atom is 0.256 e. The van der Waals surface area contributed by atoms with Crippen LogP contribution < -0.4 is 10.6 Å². The molecule has 152 valence electrons. The normalized spacial score (nSPS) is 19.9. The quantitative estimate of drug-likeness (QED) is 0.545. The standard InChI is InChI=1S/C19H23N5O.C2H4N2/c1-12-9-21-13(2)18(22-12)24-10-14-7-8-23(11-17(14)24)19(25)15-5-3-4-6-16(15)20;3-1-2-4/h3-6,9,14,17H,7-8,10-11,20H2,1-2H3;1-4H. The highest BCUT2D eigenvalue weighted by molar-refractivity contribution is 6.12. The van der Waals surface area contributed by atoms with Crippen molar-refractivity contribution in [1.82, 2.24) is 14.9 Å². The topological polar surface area (TPSA) is 123 Å². The molecule has 2 saturated heterocycles. The zero-order valence-corrected chi connectivity index (χ0v) is 16.8. The summed E-state index contributed by atoms with van der Waals surface area (Å²) < 4.78 is 0. The van der Waals surface area contributed by atoms with Crippen molar-refractivity contribution in [3.05, 3.63) is 47.4 Å². The molecule has 8 heteroatoms. The lowest BCUT2D eigenvalue weighted by molar-refractivity contribution is 0.0592. The summed E-state index contributed by atoms with van der Waals surface area (Å²) in [5, 5.41) is 12.2. The Morgan fingerprint density at radius 2 is 1.93 bits per heavy atom. The van der Waals surface area contributed by atoms with Crippen LogP contribution in [-0.2, 0) is 0 Å². The van der Waals surface area contributed by atoms with E-state index < -0.39 is 0 Å². The number of amides is 1. The highest BCUT2D eigenvalue weighted by Crippen LogP contribution is 2.37. The molecule has 0 aliphatic carbocycles. The maximum atomic E-state index is 12.9. The Hall–Kier alpha value is -3.29. The van der Waals surface area contributed by atoms with E-state index in [1.54, 1.807) is 18.3 Å². The minimum Gasteiger partial charge on any atom is -0.398 e. The highest BCUT2D eigenvalue weighted by atomic mass is 16.2. The second-order valence-corrected chi connectivity index (χ2v) is 7.36. The summed E-state index contributed by atoms with van der Waals surface area (Å²) in [5.41, 5.74) is 8.99. The predicted octanol–water partition coefficient (Wildman–Crippen LogP) is 2.31. The van der Waals surface area contributed by atoms with Crippen LogP contribution >= 0.6 is 0 Å². The first-order valence-electron chi connectivity index (χ1n) is 9.66. The molecule has 4 rings (SSSR count). The van der Waals surface area contributed by atoms with E-state index in [4.69, 9.17) is 16.6 Å². The molecule has 2 fully saturated rings. The number of carbonyl (C=O) groups excluding carboxylic acids is 1. The number of anilines is 2. The molecule has 1 aromatic carbocycles. The van der Waals surface area contributed by atoms with Crippen molar-refractivity contribution in [3.8, 4) is 0 Å². The largest absolute Gasteiger partial charge is 0.398 e. The highest BCUT2D eigenvalue weighted by Gasteiger charge is 2.45. The third kappa shape index (κ3) is 4.26. The van der Waals surface area contributed by atoms with Gasteiger partial charge in [0.05, 0.1) is 23.0 Å². The Balaban J connectivity index is 0.000000552. The summed E-state index contributed by atoms with van der Waals surface area (Å²) in [6, 6.07) is 7.61. The Morgan fingerprint density at radius 3 is 2.62 bits per heavy atom. The van der Waals surface area contributed by atoms with Crippen LogP contribution in [0.2, 0.25) is 0 Å². The molecule has 3 heterocycles. The summed E-state index contributed by atoms with van der Waals surface area (Å²) in [6.45, 7) is 6.46. The molecule has 2 aliphatic rings.